The van der Waals surface area contributed by atoms with Gasteiger partial charge in [0.25, 0.3) is 0 Å². The van der Waals surface area contributed by atoms with Gasteiger partial charge < -0.3 is 4.74 Å². The number of aryl methyl sites for hydroxylation is 1. The third kappa shape index (κ3) is 3.14. The molecule has 2 aromatic carbocycles. The molecule has 0 N–H and O–H groups in total. The Labute approximate surface area is 144 Å². The summed E-state index contributed by atoms with van der Waals surface area (Å²) >= 11 is 0. The highest BCUT2D eigenvalue weighted by molar-refractivity contribution is 5.91. The van der Waals surface area contributed by atoms with Gasteiger partial charge in [-0.05, 0) is 72.6 Å². The Morgan fingerprint density at radius 3 is 2.50 bits per heavy atom. The molecular formula is C22H24O2. The first-order chi connectivity index (χ1) is 11.5. The van der Waals surface area contributed by atoms with E-state index < -0.39 is 0 Å². The molecule has 1 aliphatic carbocycles. The van der Waals surface area contributed by atoms with E-state index in [4.69, 9.17) is 4.74 Å². The maximum absolute atomic E-state index is 12.4. The Balaban J connectivity index is 1.96. The molecule has 0 aliphatic heterocycles. The molecule has 0 saturated carbocycles. The molecule has 1 aliphatic rings. The molecule has 3 rings (SSSR count). The largest absolute Gasteiger partial charge is 0.423 e. The average Bonchev–Trinajstić information content (AvgIpc) is 2.57. The second-order valence-corrected chi connectivity index (χ2v) is 6.93. The van der Waals surface area contributed by atoms with Crippen LogP contribution in [0.2, 0.25) is 0 Å². The fraction of sp³-hybridized carbons (Fsp3) is 0.318. The van der Waals surface area contributed by atoms with E-state index in [1.165, 1.54) is 16.7 Å². The first kappa shape index (κ1) is 16.5. The van der Waals surface area contributed by atoms with Crippen molar-refractivity contribution in [2.45, 2.75) is 40.0 Å². The van der Waals surface area contributed by atoms with Crippen LogP contribution in [0, 0.1) is 12.8 Å². The van der Waals surface area contributed by atoms with Crippen LogP contribution in [0.1, 0.15) is 60.2 Å². The lowest BCUT2D eigenvalue weighted by Crippen LogP contribution is -2.14. The van der Waals surface area contributed by atoms with Crippen LogP contribution in [0.3, 0.4) is 0 Å². The second kappa shape index (κ2) is 6.64. The van der Waals surface area contributed by atoms with Gasteiger partial charge in [-0.1, -0.05) is 44.2 Å². The van der Waals surface area contributed by atoms with Crippen molar-refractivity contribution in [2.75, 3.05) is 0 Å². The van der Waals surface area contributed by atoms with E-state index >= 15 is 0 Å². The Hall–Kier alpha value is -2.35. The average molecular weight is 320 g/mol. The van der Waals surface area contributed by atoms with E-state index in [9.17, 15) is 4.79 Å². The number of ether oxygens (including phenoxy) is 1. The van der Waals surface area contributed by atoms with Gasteiger partial charge in [0.2, 0.25) is 0 Å². The molecule has 0 aromatic heterocycles. The summed E-state index contributed by atoms with van der Waals surface area (Å²) in [6.45, 7) is 8.68. The first-order valence-corrected chi connectivity index (χ1v) is 8.56. The third-order valence-electron chi connectivity index (χ3n) is 4.87. The van der Waals surface area contributed by atoms with E-state index in [0.29, 0.717) is 23.1 Å². The maximum atomic E-state index is 12.4. The minimum absolute atomic E-state index is 0.309. The Bertz CT molecular complexity index is 785. The minimum Gasteiger partial charge on any atom is -0.423 e. The van der Waals surface area contributed by atoms with Crippen LogP contribution in [0.25, 0.3) is 5.57 Å². The van der Waals surface area contributed by atoms with E-state index in [0.717, 1.165) is 12.0 Å². The molecule has 2 aromatic rings. The molecule has 0 spiro atoms. The van der Waals surface area contributed by atoms with Gasteiger partial charge in [0, 0.05) is 0 Å². The first-order valence-electron chi connectivity index (χ1n) is 8.56. The summed E-state index contributed by atoms with van der Waals surface area (Å²) in [5, 5.41) is 0. The normalized spacial score (nSPS) is 16.5. The summed E-state index contributed by atoms with van der Waals surface area (Å²) in [6, 6.07) is 13.4. The number of benzene rings is 2. The number of hydrogen-bond acceptors (Lipinski definition) is 2. The standard InChI is InChI=1S/C22H24O2/c1-14(2)18-11-10-15(3)19-13-21(16(4)12-20(18)19)24-22(23)17-8-6-5-7-9-17/h5-10,12-14,18H,11H2,1-4H3/t18-/m1/s1. The smallest absolute Gasteiger partial charge is 0.343 e. The molecule has 0 fully saturated rings. The summed E-state index contributed by atoms with van der Waals surface area (Å²) < 4.78 is 5.68. The molecule has 124 valence electrons. The second-order valence-electron chi connectivity index (χ2n) is 6.93. The topological polar surface area (TPSA) is 26.3 Å². The highest BCUT2D eigenvalue weighted by Gasteiger charge is 2.24. The highest BCUT2D eigenvalue weighted by atomic mass is 16.5. The van der Waals surface area contributed by atoms with Crippen LogP contribution in [0.4, 0.5) is 0 Å². The number of esters is 1. The zero-order valence-corrected chi connectivity index (χ0v) is 14.8. The fourth-order valence-corrected chi connectivity index (χ4v) is 3.37. The molecule has 1 atom stereocenters. The van der Waals surface area contributed by atoms with Gasteiger partial charge in [0.1, 0.15) is 5.75 Å². The van der Waals surface area contributed by atoms with Gasteiger partial charge in [-0.15, -0.1) is 0 Å². The predicted octanol–water partition coefficient (Wildman–Crippen LogP) is 5.76. The monoisotopic (exact) mass is 320 g/mol. The summed E-state index contributed by atoms with van der Waals surface area (Å²) in [7, 11) is 0. The zero-order valence-electron chi connectivity index (χ0n) is 14.8. The fourth-order valence-electron chi connectivity index (χ4n) is 3.37. The quantitative estimate of drug-likeness (QED) is 0.531. The van der Waals surface area contributed by atoms with E-state index in [2.05, 4.69) is 32.9 Å². The lowest BCUT2D eigenvalue weighted by Gasteiger charge is -2.28. The van der Waals surface area contributed by atoms with Crippen molar-refractivity contribution in [3.63, 3.8) is 0 Å². The van der Waals surface area contributed by atoms with Gasteiger partial charge >= 0.3 is 5.97 Å². The Morgan fingerprint density at radius 1 is 1.12 bits per heavy atom. The molecule has 24 heavy (non-hydrogen) atoms. The van der Waals surface area contributed by atoms with Crippen LogP contribution in [0.5, 0.6) is 5.75 Å². The van der Waals surface area contributed by atoms with Crippen LogP contribution < -0.4 is 4.74 Å². The highest BCUT2D eigenvalue weighted by Crippen LogP contribution is 2.41. The Kier molecular flexibility index (Phi) is 4.57. The number of carbonyl (C=O) groups excluding carboxylic acids is 1. The van der Waals surface area contributed by atoms with E-state index in [1.54, 1.807) is 12.1 Å². The number of allylic oxidation sites excluding steroid dienone is 2. The summed E-state index contributed by atoms with van der Waals surface area (Å²) in [4.78, 5) is 12.4. The van der Waals surface area contributed by atoms with Crippen LogP contribution in [0.15, 0.2) is 48.5 Å². The SMILES string of the molecule is CC1=CC[C@H](C(C)C)c2cc(C)c(OC(=O)c3ccccc3)cc21. The van der Waals surface area contributed by atoms with Crippen LogP contribution in [-0.4, -0.2) is 5.97 Å². The molecule has 0 amide bonds. The molecule has 0 bridgehead atoms. The summed E-state index contributed by atoms with van der Waals surface area (Å²) in [5.74, 6) is 1.46. The minimum atomic E-state index is -0.309. The van der Waals surface area contributed by atoms with Crippen molar-refractivity contribution in [2.24, 2.45) is 5.92 Å². The number of fused-ring (bicyclic) bond motifs is 1. The Morgan fingerprint density at radius 2 is 1.83 bits per heavy atom. The maximum Gasteiger partial charge on any atom is 0.343 e. The summed E-state index contributed by atoms with van der Waals surface area (Å²) in [5.41, 5.74) is 5.43. The van der Waals surface area contributed by atoms with Crippen LogP contribution >= 0.6 is 0 Å². The number of hydrogen-bond donors (Lipinski definition) is 0. The van der Waals surface area contributed by atoms with Crippen LogP contribution in [-0.2, 0) is 0 Å². The zero-order chi connectivity index (χ0) is 17.3. The molecule has 0 unspecified atom stereocenters. The van der Waals surface area contributed by atoms with Gasteiger partial charge in [0.15, 0.2) is 0 Å². The van der Waals surface area contributed by atoms with Gasteiger partial charge in [-0.3, -0.25) is 0 Å². The van der Waals surface area contributed by atoms with Crippen molar-refractivity contribution in [1.29, 1.82) is 0 Å². The van der Waals surface area contributed by atoms with Gasteiger partial charge in [-0.25, -0.2) is 4.79 Å². The van der Waals surface area contributed by atoms with Crippen molar-refractivity contribution < 1.29 is 9.53 Å². The molecule has 0 saturated heterocycles. The van der Waals surface area contributed by atoms with Crippen molar-refractivity contribution >= 4 is 11.5 Å². The molecule has 2 nitrogen and oxygen atoms in total. The number of carbonyl (C=O) groups is 1. The van der Waals surface area contributed by atoms with E-state index in [-0.39, 0.29) is 5.97 Å². The van der Waals surface area contributed by atoms with Gasteiger partial charge in [0.05, 0.1) is 5.56 Å². The molecular weight excluding hydrogens is 296 g/mol. The summed E-state index contributed by atoms with van der Waals surface area (Å²) in [6.07, 6.45) is 3.38. The third-order valence-corrected chi connectivity index (χ3v) is 4.87. The van der Waals surface area contributed by atoms with Crippen molar-refractivity contribution in [3.8, 4) is 5.75 Å². The van der Waals surface area contributed by atoms with Gasteiger partial charge in [-0.2, -0.15) is 0 Å². The lowest BCUT2D eigenvalue weighted by molar-refractivity contribution is 0.0733. The van der Waals surface area contributed by atoms with Crippen molar-refractivity contribution in [3.05, 3.63) is 70.8 Å². The van der Waals surface area contributed by atoms with E-state index in [1.807, 2.05) is 31.2 Å². The molecule has 0 radical (unpaired) electrons. The van der Waals surface area contributed by atoms with Crippen molar-refractivity contribution in [1.82, 2.24) is 0 Å². The molecule has 2 heteroatoms. The number of rotatable bonds is 3. The predicted molar refractivity (Wildman–Crippen MR) is 98.4 cm³/mol. The lowest BCUT2D eigenvalue weighted by atomic mass is 9.77. The molecule has 0 heterocycles.